The first-order chi connectivity index (χ1) is 7.39. The number of rotatable bonds is 4. The van der Waals surface area contributed by atoms with Crippen molar-refractivity contribution in [1.82, 2.24) is 0 Å². The van der Waals surface area contributed by atoms with Crippen molar-refractivity contribution in [3.63, 3.8) is 0 Å². The van der Waals surface area contributed by atoms with Gasteiger partial charge in [-0.25, -0.2) is 0 Å². The smallest absolute Gasteiger partial charge is 0.320 e. The summed E-state index contributed by atoms with van der Waals surface area (Å²) in [6.45, 7) is 7.00. The van der Waals surface area contributed by atoms with Gasteiger partial charge in [0.25, 0.3) is 0 Å². The maximum atomic E-state index is 11.6. The van der Waals surface area contributed by atoms with Gasteiger partial charge in [0.15, 0.2) is 5.92 Å². The van der Waals surface area contributed by atoms with E-state index in [2.05, 4.69) is 6.58 Å². The van der Waals surface area contributed by atoms with E-state index in [1.165, 1.54) is 6.92 Å². The maximum Gasteiger partial charge on any atom is 0.320 e. The van der Waals surface area contributed by atoms with E-state index in [0.29, 0.717) is 0 Å². The van der Waals surface area contributed by atoms with Gasteiger partial charge in [-0.15, -0.1) is 0 Å². The van der Waals surface area contributed by atoms with Crippen LogP contribution in [-0.2, 0) is 14.3 Å². The van der Waals surface area contributed by atoms with Crippen LogP contribution in [0.2, 0.25) is 0 Å². The molecule has 1 aliphatic rings. The van der Waals surface area contributed by atoms with Crippen molar-refractivity contribution in [3.8, 4) is 0 Å². The quantitative estimate of drug-likeness (QED) is 0.453. The zero-order valence-electron chi connectivity index (χ0n) is 9.78. The van der Waals surface area contributed by atoms with Gasteiger partial charge in [0.2, 0.25) is 0 Å². The second kappa shape index (κ2) is 4.68. The third-order valence-corrected chi connectivity index (χ3v) is 3.21. The lowest BCUT2D eigenvalue weighted by Crippen LogP contribution is -2.36. The fraction of sp³-hybridized carbons (Fsp3) is 0.667. The van der Waals surface area contributed by atoms with Gasteiger partial charge in [-0.1, -0.05) is 6.58 Å². The van der Waals surface area contributed by atoms with Crippen molar-refractivity contribution in [1.29, 1.82) is 0 Å². The van der Waals surface area contributed by atoms with Crippen LogP contribution in [0.15, 0.2) is 12.2 Å². The number of aliphatic carboxylic acids is 1. The monoisotopic (exact) mass is 226 g/mol. The van der Waals surface area contributed by atoms with Gasteiger partial charge in [-0.3, -0.25) is 9.59 Å². The molecule has 0 aliphatic heterocycles. The van der Waals surface area contributed by atoms with Crippen LogP contribution in [0.3, 0.4) is 0 Å². The van der Waals surface area contributed by atoms with Crippen LogP contribution >= 0.6 is 0 Å². The average Bonchev–Trinajstić information content (AvgIpc) is 2.66. The molecular formula is C12H18O4. The molecule has 4 nitrogen and oxygen atoms in total. The molecule has 4 heteroatoms. The van der Waals surface area contributed by atoms with Crippen molar-refractivity contribution in [2.45, 2.75) is 45.1 Å². The Morgan fingerprint density at radius 1 is 1.38 bits per heavy atom. The molecule has 16 heavy (non-hydrogen) atoms. The zero-order valence-corrected chi connectivity index (χ0v) is 9.78. The highest BCUT2D eigenvalue weighted by molar-refractivity contribution is 5.93. The molecule has 1 saturated carbocycles. The van der Waals surface area contributed by atoms with Crippen molar-refractivity contribution < 1.29 is 19.4 Å². The summed E-state index contributed by atoms with van der Waals surface area (Å²) in [7, 11) is 0. The molecule has 0 aromatic carbocycles. The normalized spacial score (nSPS) is 20.1. The van der Waals surface area contributed by atoms with E-state index in [4.69, 9.17) is 9.84 Å². The second-order valence-corrected chi connectivity index (χ2v) is 4.46. The first-order valence-electron chi connectivity index (χ1n) is 5.51. The van der Waals surface area contributed by atoms with Crippen LogP contribution in [0.4, 0.5) is 0 Å². The average molecular weight is 226 g/mol. The third-order valence-electron chi connectivity index (χ3n) is 3.21. The minimum Gasteiger partial charge on any atom is -0.481 e. The molecule has 0 aromatic rings. The lowest BCUT2D eigenvalue weighted by molar-refractivity contribution is -0.166. The second-order valence-electron chi connectivity index (χ2n) is 4.46. The summed E-state index contributed by atoms with van der Waals surface area (Å²) in [6.07, 6.45) is 3.48. The first kappa shape index (κ1) is 12.7. The third kappa shape index (κ3) is 2.43. The number of carbonyl (C=O) groups is 2. The Labute approximate surface area is 95.3 Å². The van der Waals surface area contributed by atoms with Crippen LogP contribution < -0.4 is 0 Å². The first-order valence-corrected chi connectivity index (χ1v) is 5.51. The molecule has 90 valence electrons. The Balaban J connectivity index is 2.74. The summed E-state index contributed by atoms with van der Waals surface area (Å²) in [5, 5.41) is 8.73. The van der Waals surface area contributed by atoms with E-state index < -0.39 is 23.5 Å². The van der Waals surface area contributed by atoms with Crippen molar-refractivity contribution in [2.24, 2.45) is 5.92 Å². The minimum absolute atomic E-state index is 0.624. The maximum absolute atomic E-state index is 11.6. The molecule has 0 heterocycles. The molecule has 0 radical (unpaired) electrons. The van der Waals surface area contributed by atoms with E-state index in [1.54, 1.807) is 0 Å². The number of carbonyl (C=O) groups excluding carboxylic acids is 1. The van der Waals surface area contributed by atoms with Crippen molar-refractivity contribution in [3.05, 3.63) is 12.2 Å². The Morgan fingerprint density at radius 3 is 2.25 bits per heavy atom. The number of hydrogen-bond donors (Lipinski definition) is 1. The van der Waals surface area contributed by atoms with Gasteiger partial charge in [0.05, 0.1) is 0 Å². The largest absolute Gasteiger partial charge is 0.481 e. The molecule has 1 rings (SSSR count). The summed E-state index contributed by atoms with van der Waals surface area (Å²) in [4.78, 5) is 22.3. The van der Waals surface area contributed by atoms with Crippen molar-refractivity contribution in [2.75, 3.05) is 0 Å². The van der Waals surface area contributed by atoms with Crippen LogP contribution in [-0.4, -0.2) is 22.6 Å². The van der Waals surface area contributed by atoms with Gasteiger partial charge in [0, 0.05) is 0 Å². The Kier molecular flexibility index (Phi) is 3.73. The molecular weight excluding hydrogens is 208 g/mol. The minimum atomic E-state index is -1.15. The predicted octanol–water partition coefficient (Wildman–Crippen LogP) is 2.14. The van der Waals surface area contributed by atoms with E-state index >= 15 is 0 Å². The predicted molar refractivity (Wildman–Crippen MR) is 58.9 cm³/mol. The number of carboxylic acid groups (broad SMARTS) is 1. The molecule has 0 saturated heterocycles. The highest BCUT2D eigenvalue weighted by atomic mass is 16.6. The molecule has 1 N–H and O–H groups in total. The fourth-order valence-electron chi connectivity index (χ4n) is 1.94. The summed E-state index contributed by atoms with van der Waals surface area (Å²) in [5.74, 6) is -2.94. The molecule has 0 amide bonds. The molecule has 0 bridgehead atoms. The SMILES string of the molecule is C=C(C)C1(OC(=O)C(C)C(=O)O)CCCC1. The van der Waals surface area contributed by atoms with E-state index in [1.807, 2.05) is 6.92 Å². The standard InChI is InChI=1S/C12H18O4/c1-8(2)12(6-4-5-7-12)16-11(15)9(3)10(13)14/h9H,1,4-7H2,2-3H3,(H,13,14). The highest BCUT2D eigenvalue weighted by Gasteiger charge is 2.40. The Hall–Kier alpha value is -1.32. The van der Waals surface area contributed by atoms with Gasteiger partial charge in [-0.2, -0.15) is 0 Å². The summed E-state index contributed by atoms with van der Waals surface area (Å²) in [6, 6.07) is 0. The molecule has 0 spiro atoms. The number of esters is 1. The topological polar surface area (TPSA) is 63.6 Å². The number of ether oxygens (including phenoxy) is 1. The molecule has 1 atom stereocenters. The highest BCUT2D eigenvalue weighted by Crippen LogP contribution is 2.38. The number of hydrogen-bond acceptors (Lipinski definition) is 3. The van der Waals surface area contributed by atoms with E-state index in [-0.39, 0.29) is 0 Å². The number of carboxylic acids is 1. The fourth-order valence-corrected chi connectivity index (χ4v) is 1.94. The summed E-state index contributed by atoms with van der Waals surface area (Å²) >= 11 is 0. The van der Waals surface area contributed by atoms with Crippen LogP contribution in [0.1, 0.15) is 39.5 Å². The van der Waals surface area contributed by atoms with Gasteiger partial charge < -0.3 is 9.84 Å². The lowest BCUT2D eigenvalue weighted by atomic mass is 9.94. The molecule has 0 aromatic heterocycles. The van der Waals surface area contributed by atoms with Gasteiger partial charge >= 0.3 is 11.9 Å². The zero-order chi connectivity index (χ0) is 12.3. The van der Waals surface area contributed by atoms with Gasteiger partial charge in [0.1, 0.15) is 5.60 Å². The summed E-state index contributed by atoms with van der Waals surface area (Å²) < 4.78 is 5.36. The van der Waals surface area contributed by atoms with E-state index in [0.717, 1.165) is 31.3 Å². The van der Waals surface area contributed by atoms with Crippen LogP contribution in [0.5, 0.6) is 0 Å². The van der Waals surface area contributed by atoms with E-state index in [9.17, 15) is 9.59 Å². The Bertz CT molecular complexity index is 313. The molecule has 1 unspecified atom stereocenters. The molecule has 1 fully saturated rings. The van der Waals surface area contributed by atoms with Gasteiger partial charge in [-0.05, 0) is 45.1 Å². The van der Waals surface area contributed by atoms with Crippen molar-refractivity contribution >= 4 is 11.9 Å². The Morgan fingerprint density at radius 2 is 1.88 bits per heavy atom. The summed E-state index contributed by atoms with van der Waals surface area (Å²) in [5.41, 5.74) is 0.178. The molecule has 1 aliphatic carbocycles. The van der Waals surface area contributed by atoms with Crippen LogP contribution in [0.25, 0.3) is 0 Å². The van der Waals surface area contributed by atoms with Crippen LogP contribution in [0, 0.1) is 5.92 Å². The lowest BCUT2D eigenvalue weighted by Gasteiger charge is -2.30.